The maximum absolute atomic E-state index is 6.71. The van der Waals surface area contributed by atoms with Crippen LogP contribution in [-0.4, -0.2) is 44.5 Å². The number of halogens is 1. The van der Waals surface area contributed by atoms with Crippen LogP contribution in [0.15, 0.2) is 23.6 Å². The SMILES string of the molecule is C[n+]1cccnc1SCC[Si](C)(O[Si](C)(C)C)O[Si](C)(C)O[Si](C)(C)C.[Br-]. The highest BCUT2D eigenvalue weighted by Crippen LogP contribution is 2.28. The van der Waals surface area contributed by atoms with E-state index in [1.54, 1.807) is 11.8 Å². The van der Waals surface area contributed by atoms with Gasteiger partial charge in [0, 0.05) is 11.8 Å². The maximum atomic E-state index is 6.71. The van der Waals surface area contributed by atoms with E-state index in [1.807, 2.05) is 25.5 Å². The number of aromatic nitrogens is 2. The van der Waals surface area contributed by atoms with E-state index in [2.05, 4.69) is 68.5 Å². The second-order valence-corrected chi connectivity index (χ2v) is 26.7. The first-order chi connectivity index (χ1) is 11.6. The highest BCUT2D eigenvalue weighted by Gasteiger charge is 2.44. The molecule has 0 amide bonds. The van der Waals surface area contributed by atoms with E-state index in [4.69, 9.17) is 12.3 Å². The van der Waals surface area contributed by atoms with Gasteiger partial charge in [0.2, 0.25) is 0 Å². The van der Waals surface area contributed by atoms with Gasteiger partial charge < -0.3 is 29.3 Å². The molecule has 1 rings (SSSR count). The molecule has 11 heteroatoms. The zero-order valence-corrected chi connectivity index (χ0v) is 25.0. The number of rotatable bonds is 10. The molecule has 0 aliphatic heterocycles. The Morgan fingerprint density at radius 1 is 0.926 bits per heavy atom. The predicted molar refractivity (Wildman–Crippen MR) is 120 cm³/mol. The summed E-state index contributed by atoms with van der Waals surface area (Å²) in [4.78, 5) is 4.45. The Morgan fingerprint density at radius 3 is 1.96 bits per heavy atom. The smallest absolute Gasteiger partial charge is 0.358 e. The van der Waals surface area contributed by atoms with Crippen molar-refractivity contribution in [2.75, 3.05) is 5.75 Å². The van der Waals surface area contributed by atoms with Crippen molar-refractivity contribution in [1.82, 2.24) is 4.98 Å². The zero-order chi connectivity index (χ0) is 20.2. The van der Waals surface area contributed by atoms with Crippen LogP contribution in [0.2, 0.25) is 65.0 Å². The number of nitrogens with zero attached hydrogens (tertiary/aromatic N) is 2. The lowest BCUT2D eigenvalue weighted by Crippen LogP contribution is -3.00. The third kappa shape index (κ3) is 12.1. The Bertz CT molecular complexity index is 600. The summed E-state index contributed by atoms with van der Waals surface area (Å²) in [7, 11) is -5.88. The molecule has 0 saturated carbocycles. The maximum Gasteiger partial charge on any atom is 0.358 e. The topological polar surface area (TPSA) is 44.5 Å². The van der Waals surface area contributed by atoms with Crippen LogP contribution in [0.1, 0.15) is 0 Å². The Balaban J connectivity index is 0.00000676. The van der Waals surface area contributed by atoms with Crippen LogP contribution in [0.25, 0.3) is 0 Å². The summed E-state index contributed by atoms with van der Waals surface area (Å²) in [5.74, 6) is 0.940. The molecule has 0 aliphatic rings. The standard InChI is InChI=1S/C16H37N2O3SSi4.BrH/c1-18-13-11-12-17-16(18)22-14-15-26(10,20-24(5,6)7)21-25(8,9)19-23(2,3)4;/h11-13H,14-15H2,1-10H3;1H/q+1;/p-1. The molecule has 1 aromatic heterocycles. The average Bonchev–Trinajstić information content (AvgIpc) is 2.34. The van der Waals surface area contributed by atoms with E-state index >= 15 is 0 Å². The van der Waals surface area contributed by atoms with Crippen molar-refractivity contribution >= 4 is 45.5 Å². The van der Waals surface area contributed by atoms with E-state index in [0.29, 0.717) is 0 Å². The summed E-state index contributed by atoms with van der Waals surface area (Å²) in [5, 5.41) is 1.02. The van der Waals surface area contributed by atoms with E-state index < -0.39 is 33.8 Å². The molecule has 1 heterocycles. The summed E-state index contributed by atoms with van der Waals surface area (Å²) < 4.78 is 21.8. The first-order valence-electron chi connectivity index (χ1n) is 9.15. The summed E-state index contributed by atoms with van der Waals surface area (Å²) in [6, 6.07) is 2.88. The summed E-state index contributed by atoms with van der Waals surface area (Å²) in [6.07, 6.45) is 3.87. The fraction of sp³-hybridized carbons (Fsp3) is 0.750. The van der Waals surface area contributed by atoms with Crippen LogP contribution < -0.4 is 21.5 Å². The molecular weight excluding hydrogens is 493 g/mol. The largest absolute Gasteiger partial charge is 1.00 e. The molecule has 1 atom stereocenters. The minimum atomic E-state index is -2.33. The van der Waals surface area contributed by atoms with Gasteiger partial charge >= 0.3 is 22.3 Å². The van der Waals surface area contributed by atoms with Crippen LogP contribution in [0.3, 0.4) is 0 Å². The Hall–Kier alpha value is 0.658. The van der Waals surface area contributed by atoms with E-state index in [-0.39, 0.29) is 17.0 Å². The summed E-state index contributed by atoms with van der Waals surface area (Å²) in [6.45, 7) is 19.9. The van der Waals surface area contributed by atoms with Crippen LogP contribution >= 0.6 is 11.8 Å². The van der Waals surface area contributed by atoms with E-state index in [0.717, 1.165) is 17.0 Å². The van der Waals surface area contributed by atoms with E-state index in [1.165, 1.54) is 0 Å². The lowest BCUT2D eigenvalue weighted by atomic mass is 10.7. The molecule has 0 aliphatic carbocycles. The number of aryl methyl sites for hydroxylation is 1. The van der Waals surface area contributed by atoms with Crippen LogP contribution in [0.5, 0.6) is 0 Å². The molecule has 5 nitrogen and oxygen atoms in total. The van der Waals surface area contributed by atoms with Gasteiger partial charge in [0.15, 0.2) is 16.6 Å². The summed E-state index contributed by atoms with van der Waals surface area (Å²) in [5.41, 5.74) is 0. The lowest BCUT2D eigenvalue weighted by Gasteiger charge is -2.41. The molecule has 0 radical (unpaired) electrons. The van der Waals surface area contributed by atoms with Crippen molar-refractivity contribution in [2.45, 2.75) is 70.1 Å². The minimum Gasteiger partial charge on any atom is -1.00 e. The predicted octanol–water partition coefficient (Wildman–Crippen LogP) is 1.50. The van der Waals surface area contributed by atoms with Gasteiger partial charge in [-0.1, -0.05) is 0 Å². The van der Waals surface area contributed by atoms with E-state index in [9.17, 15) is 0 Å². The molecule has 0 saturated heterocycles. The molecule has 0 N–H and O–H groups in total. The van der Waals surface area contributed by atoms with Gasteiger partial charge in [-0.25, -0.2) is 4.57 Å². The van der Waals surface area contributed by atoms with Crippen LogP contribution in [0, 0.1) is 0 Å². The first-order valence-corrected chi connectivity index (χ1v) is 22.3. The van der Waals surface area contributed by atoms with Crippen LogP contribution in [-0.2, 0) is 19.4 Å². The minimum absolute atomic E-state index is 0. The monoisotopic (exact) mass is 528 g/mol. The molecule has 1 aromatic rings. The molecule has 0 aromatic carbocycles. The van der Waals surface area contributed by atoms with Gasteiger partial charge in [0.25, 0.3) is 0 Å². The molecule has 0 bridgehead atoms. The number of hydrogen-bond donors (Lipinski definition) is 0. The first kappa shape index (κ1) is 27.7. The van der Waals surface area contributed by atoms with Gasteiger partial charge in [0.05, 0.1) is 13.2 Å². The van der Waals surface area contributed by atoms with Gasteiger partial charge in [0.1, 0.15) is 6.20 Å². The normalized spacial score (nSPS) is 15.2. The molecular formula is C16H37BrN2O3SSi4. The summed E-state index contributed by atoms with van der Waals surface area (Å²) >= 11 is 1.76. The van der Waals surface area contributed by atoms with Gasteiger partial charge in [-0.15, -0.1) is 0 Å². The number of hydrogen-bond acceptors (Lipinski definition) is 5. The molecule has 27 heavy (non-hydrogen) atoms. The van der Waals surface area contributed by atoms with Gasteiger partial charge in [-0.05, 0) is 81.7 Å². The molecule has 158 valence electrons. The molecule has 0 fully saturated rings. The van der Waals surface area contributed by atoms with Crippen molar-refractivity contribution in [3.05, 3.63) is 18.5 Å². The van der Waals surface area contributed by atoms with Gasteiger partial charge in [-0.3, -0.25) is 0 Å². The lowest BCUT2D eigenvalue weighted by molar-refractivity contribution is -0.713. The van der Waals surface area contributed by atoms with Crippen molar-refractivity contribution in [1.29, 1.82) is 0 Å². The van der Waals surface area contributed by atoms with Crippen LogP contribution in [0.4, 0.5) is 0 Å². The third-order valence-corrected chi connectivity index (χ3v) is 18.1. The molecule has 1 unspecified atom stereocenters. The Morgan fingerprint density at radius 2 is 1.48 bits per heavy atom. The Labute approximate surface area is 185 Å². The van der Waals surface area contributed by atoms with Crippen molar-refractivity contribution in [3.8, 4) is 0 Å². The van der Waals surface area contributed by atoms with Crippen molar-refractivity contribution < 1.29 is 33.9 Å². The second-order valence-electron chi connectivity index (χ2n) is 9.18. The molecule has 0 spiro atoms. The highest BCUT2D eigenvalue weighted by atomic mass is 79.9. The van der Waals surface area contributed by atoms with Crippen molar-refractivity contribution in [2.24, 2.45) is 7.05 Å². The average molecular weight is 530 g/mol. The quantitative estimate of drug-likeness (QED) is 0.199. The Kier molecular flexibility index (Phi) is 10.9. The van der Waals surface area contributed by atoms with Gasteiger partial charge in [-0.2, -0.15) is 0 Å². The second kappa shape index (κ2) is 10.6. The third-order valence-electron chi connectivity index (χ3n) is 3.21. The zero-order valence-electron chi connectivity index (χ0n) is 18.6. The van der Waals surface area contributed by atoms with Crippen molar-refractivity contribution in [3.63, 3.8) is 0 Å². The highest BCUT2D eigenvalue weighted by molar-refractivity contribution is 7.99. The fourth-order valence-corrected chi connectivity index (χ4v) is 22.6. The number of thioether (sulfide) groups is 1. The fourth-order valence-electron chi connectivity index (χ4n) is 2.94.